The summed E-state index contributed by atoms with van der Waals surface area (Å²) in [6, 6.07) is 17.3. The van der Waals surface area contributed by atoms with E-state index in [2.05, 4.69) is 16.9 Å². The summed E-state index contributed by atoms with van der Waals surface area (Å²) in [5, 5.41) is 2.76. The zero-order chi connectivity index (χ0) is 16.2. The van der Waals surface area contributed by atoms with Gasteiger partial charge in [0.15, 0.2) is 0 Å². The molecule has 114 valence electrons. The van der Waals surface area contributed by atoms with E-state index in [-0.39, 0.29) is 5.91 Å². The molecule has 0 fully saturated rings. The molecular weight excluding hydrogens is 286 g/mol. The summed E-state index contributed by atoms with van der Waals surface area (Å²) in [5.74, 6) is -0.228. The van der Waals surface area contributed by atoms with Gasteiger partial charge in [-0.25, -0.2) is 9.97 Å². The molecule has 0 atom stereocenters. The van der Waals surface area contributed by atoms with Gasteiger partial charge in [0.2, 0.25) is 0 Å². The number of nitrogens with one attached hydrogen (secondary N) is 1. The molecule has 0 unspecified atom stereocenters. The fourth-order valence-electron chi connectivity index (χ4n) is 2.38. The van der Waals surface area contributed by atoms with Crippen molar-refractivity contribution < 1.29 is 4.79 Å². The topological polar surface area (TPSA) is 54.9 Å². The Bertz CT molecular complexity index is 872. The summed E-state index contributed by atoms with van der Waals surface area (Å²) in [6.07, 6.45) is 0. The van der Waals surface area contributed by atoms with Crippen LogP contribution in [-0.2, 0) is 4.79 Å². The second kappa shape index (κ2) is 6.40. The Labute approximate surface area is 134 Å². The van der Waals surface area contributed by atoms with Gasteiger partial charge in [-0.05, 0) is 19.1 Å². The highest BCUT2D eigenvalue weighted by molar-refractivity contribution is 6.19. The van der Waals surface area contributed by atoms with Crippen LogP contribution >= 0.6 is 0 Å². The van der Waals surface area contributed by atoms with E-state index >= 15 is 0 Å². The van der Waals surface area contributed by atoms with E-state index in [1.54, 1.807) is 0 Å². The molecule has 1 N–H and O–H groups in total. The Morgan fingerprint density at radius 1 is 1.00 bits per heavy atom. The molecular formula is C19H17N3O. The number of amides is 1. The van der Waals surface area contributed by atoms with Gasteiger partial charge < -0.3 is 5.32 Å². The predicted molar refractivity (Wildman–Crippen MR) is 92.7 cm³/mol. The van der Waals surface area contributed by atoms with Gasteiger partial charge in [0, 0.05) is 12.1 Å². The number of benzene rings is 2. The maximum absolute atomic E-state index is 12.2. The number of hydrogen-bond donors (Lipinski definition) is 1. The number of para-hydroxylation sites is 2. The maximum Gasteiger partial charge on any atom is 0.252 e. The zero-order valence-corrected chi connectivity index (χ0v) is 12.9. The van der Waals surface area contributed by atoms with E-state index in [9.17, 15) is 4.79 Å². The summed E-state index contributed by atoms with van der Waals surface area (Å²) in [7, 11) is 0. The second-order valence-corrected chi connectivity index (χ2v) is 5.11. The van der Waals surface area contributed by atoms with E-state index in [0.29, 0.717) is 23.5 Å². The van der Waals surface area contributed by atoms with Gasteiger partial charge in [-0.2, -0.15) is 0 Å². The molecule has 0 saturated carbocycles. The summed E-state index contributed by atoms with van der Waals surface area (Å²) in [6.45, 7) is 6.33. The monoisotopic (exact) mass is 303 g/mol. The second-order valence-electron chi connectivity index (χ2n) is 5.11. The minimum absolute atomic E-state index is 0.228. The Hall–Kier alpha value is -3.01. The van der Waals surface area contributed by atoms with Crippen molar-refractivity contribution in [1.29, 1.82) is 0 Å². The first-order chi connectivity index (χ1) is 11.2. The van der Waals surface area contributed by atoms with Crippen molar-refractivity contribution in [1.82, 2.24) is 15.3 Å². The van der Waals surface area contributed by atoms with E-state index in [1.165, 1.54) is 0 Å². The number of aromatic nitrogens is 2. The van der Waals surface area contributed by atoms with E-state index < -0.39 is 0 Å². The molecule has 23 heavy (non-hydrogen) atoms. The van der Waals surface area contributed by atoms with Crippen LogP contribution in [0.5, 0.6) is 0 Å². The number of hydrogen-bond acceptors (Lipinski definition) is 3. The number of nitrogens with zero attached hydrogens (tertiary/aromatic N) is 2. The molecule has 0 saturated heterocycles. The first-order valence-corrected chi connectivity index (χ1v) is 7.50. The molecule has 1 aromatic heterocycles. The Morgan fingerprint density at radius 3 is 2.26 bits per heavy atom. The first kappa shape index (κ1) is 14.9. The highest BCUT2D eigenvalue weighted by atomic mass is 16.1. The minimum Gasteiger partial charge on any atom is -0.352 e. The SMILES string of the molecule is C=C(C(=O)NCC)c1nc2ccccc2nc1-c1ccccc1. The average molecular weight is 303 g/mol. The van der Waals surface area contributed by atoms with Gasteiger partial charge in [0.05, 0.1) is 22.3 Å². The highest BCUT2D eigenvalue weighted by Gasteiger charge is 2.18. The number of carbonyl (C=O) groups is 1. The maximum atomic E-state index is 12.2. The van der Waals surface area contributed by atoms with Crippen molar-refractivity contribution in [3.05, 3.63) is 66.9 Å². The third-order valence-corrected chi connectivity index (χ3v) is 3.52. The molecule has 0 radical (unpaired) electrons. The van der Waals surface area contributed by atoms with Crippen LogP contribution in [0.15, 0.2) is 61.2 Å². The van der Waals surface area contributed by atoms with Crippen LogP contribution in [0.3, 0.4) is 0 Å². The van der Waals surface area contributed by atoms with Gasteiger partial charge in [0.1, 0.15) is 5.69 Å². The van der Waals surface area contributed by atoms with Crippen LogP contribution in [0, 0.1) is 0 Å². The standard InChI is InChI=1S/C19H17N3O/c1-3-20-19(23)13(2)17-18(14-9-5-4-6-10-14)22-16-12-8-7-11-15(16)21-17/h4-12H,2-3H2,1H3,(H,20,23). The van der Waals surface area contributed by atoms with E-state index in [1.807, 2.05) is 61.5 Å². The molecule has 3 aromatic rings. The third kappa shape index (κ3) is 2.97. The lowest BCUT2D eigenvalue weighted by Crippen LogP contribution is -2.24. The van der Waals surface area contributed by atoms with Crippen molar-refractivity contribution in [3.63, 3.8) is 0 Å². The lowest BCUT2D eigenvalue weighted by Gasteiger charge is -2.12. The molecule has 4 nitrogen and oxygen atoms in total. The number of rotatable bonds is 4. The van der Waals surface area contributed by atoms with Crippen molar-refractivity contribution >= 4 is 22.5 Å². The van der Waals surface area contributed by atoms with Crippen molar-refractivity contribution in [2.24, 2.45) is 0 Å². The lowest BCUT2D eigenvalue weighted by atomic mass is 10.0. The van der Waals surface area contributed by atoms with Crippen LogP contribution in [0.4, 0.5) is 0 Å². The molecule has 0 aliphatic rings. The summed E-state index contributed by atoms with van der Waals surface area (Å²) in [5.41, 5.74) is 3.95. The highest BCUT2D eigenvalue weighted by Crippen LogP contribution is 2.27. The molecule has 0 bridgehead atoms. The van der Waals surface area contributed by atoms with Crippen LogP contribution in [-0.4, -0.2) is 22.4 Å². The van der Waals surface area contributed by atoms with Crippen molar-refractivity contribution in [2.45, 2.75) is 6.92 Å². The smallest absolute Gasteiger partial charge is 0.252 e. The van der Waals surface area contributed by atoms with Crippen LogP contribution in [0.2, 0.25) is 0 Å². The van der Waals surface area contributed by atoms with Gasteiger partial charge in [-0.15, -0.1) is 0 Å². The Morgan fingerprint density at radius 2 is 1.61 bits per heavy atom. The molecule has 1 heterocycles. The van der Waals surface area contributed by atoms with E-state index in [4.69, 9.17) is 4.98 Å². The van der Waals surface area contributed by atoms with Crippen LogP contribution in [0.1, 0.15) is 12.6 Å². The quantitative estimate of drug-likeness (QED) is 0.751. The average Bonchev–Trinajstić information content (AvgIpc) is 2.61. The molecule has 0 aliphatic heterocycles. The van der Waals surface area contributed by atoms with Gasteiger partial charge in [0.25, 0.3) is 5.91 Å². The molecule has 1 amide bonds. The normalized spacial score (nSPS) is 10.5. The van der Waals surface area contributed by atoms with Crippen molar-refractivity contribution in [3.8, 4) is 11.3 Å². The predicted octanol–water partition coefficient (Wildman–Crippen LogP) is 3.45. The number of likely N-dealkylation sites (N-methyl/N-ethyl adjacent to an activating group) is 1. The van der Waals surface area contributed by atoms with Crippen LogP contribution in [0.25, 0.3) is 27.9 Å². The largest absolute Gasteiger partial charge is 0.352 e. The Balaban J connectivity index is 2.21. The van der Waals surface area contributed by atoms with Gasteiger partial charge >= 0.3 is 0 Å². The minimum atomic E-state index is -0.228. The number of carbonyl (C=O) groups excluding carboxylic acids is 1. The molecule has 2 aromatic carbocycles. The molecule has 0 aliphatic carbocycles. The lowest BCUT2D eigenvalue weighted by molar-refractivity contribution is -0.115. The Kier molecular flexibility index (Phi) is 4.15. The summed E-state index contributed by atoms with van der Waals surface area (Å²) < 4.78 is 0. The van der Waals surface area contributed by atoms with Gasteiger partial charge in [-0.1, -0.05) is 49.0 Å². The van der Waals surface area contributed by atoms with Crippen LogP contribution < -0.4 is 5.32 Å². The number of fused-ring (bicyclic) bond motifs is 1. The van der Waals surface area contributed by atoms with Crippen molar-refractivity contribution in [2.75, 3.05) is 6.54 Å². The third-order valence-electron chi connectivity index (χ3n) is 3.52. The fourth-order valence-corrected chi connectivity index (χ4v) is 2.38. The van der Waals surface area contributed by atoms with E-state index in [0.717, 1.165) is 16.6 Å². The molecule has 3 rings (SSSR count). The first-order valence-electron chi connectivity index (χ1n) is 7.50. The zero-order valence-electron chi connectivity index (χ0n) is 12.9. The molecule has 0 spiro atoms. The fraction of sp³-hybridized carbons (Fsp3) is 0.105. The summed E-state index contributed by atoms with van der Waals surface area (Å²) >= 11 is 0. The van der Waals surface area contributed by atoms with Gasteiger partial charge in [-0.3, -0.25) is 4.79 Å². The molecule has 4 heteroatoms. The summed E-state index contributed by atoms with van der Waals surface area (Å²) in [4.78, 5) is 21.5.